The molecule has 4 aromatic rings. The van der Waals surface area contributed by atoms with E-state index in [0.717, 1.165) is 6.07 Å². The first-order chi connectivity index (χ1) is 20.2. The van der Waals surface area contributed by atoms with Crippen molar-refractivity contribution in [1.82, 2.24) is 14.9 Å². The number of rotatable bonds is 7. The van der Waals surface area contributed by atoms with Gasteiger partial charge in [-0.2, -0.15) is 9.97 Å². The van der Waals surface area contributed by atoms with Crippen LogP contribution >= 0.6 is 11.6 Å². The van der Waals surface area contributed by atoms with Gasteiger partial charge in [0.1, 0.15) is 29.6 Å². The molecule has 2 fully saturated rings. The second kappa shape index (κ2) is 10.4. The number of hydrogen-bond acceptors (Lipinski definition) is 6. The molecule has 6 rings (SSSR count). The van der Waals surface area contributed by atoms with E-state index in [1.54, 1.807) is 43.0 Å². The summed E-state index contributed by atoms with van der Waals surface area (Å²) >= 11 is 6.27. The van der Waals surface area contributed by atoms with E-state index < -0.39 is 46.6 Å². The minimum absolute atomic E-state index is 0.0149. The van der Waals surface area contributed by atoms with Crippen LogP contribution in [-0.2, 0) is 0 Å². The number of benzene rings is 3. The number of nitrogens with zero attached hydrogens (tertiary/aromatic N) is 4. The molecule has 0 spiro atoms. The van der Waals surface area contributed by atoms with Crippen molar-refractivity contribution in [2.45, 2.75) is 37.7 Å². The number of anilines is 1. The van der Waals surface area contributed by atoms with Crippen molar-refractivity contribution in [3.63, 3.8) is 0 Å². The van der Waals surface area contributed by atoms with Crippen LogP contribution in [-0.4, -0.2) is 71.8 Å². The molecule has 0 amide bonds. The van der Waals surface area contributed by atoms with Gasteiger partial charge in [-0.3, -0.25) is 0 Å². The molecule has 0 unspecified atom stereocenters. The fourth-order valence-corrected chi connectivity index (χ4v) is 6.47. The summed E-state index contributed by atoms with van der Waals surface area (Å²) in [4.78, 5) is 12.0. The highest BCUT2D eigenvalue weighted by Crippen LogP contribution is 2.60. The molecular formula is C31H30ClF5N4O2. The number of aromatic nitrogens is 2. The fourth-order valence-electron chi connectivity index (χ4n) is 6.19. The zero-order valence-corrected chi connectivity index (χ0v) is 24.6. The standard InChI is InChI=1S/C31H30ClF5N4O2/c1-29(42)10-5-11-41(14-29)27-19-12-21(34)23(18-7-4-6-17-8-9-20(33)24(32)22(17)18)25(35)26(19)38-28(39-27)43-16-30(15-40(2)3)13-31(30,36)37/h4,6-9,12,42H,5,10-11,13-16H2,1-3H3/t29-,30-/m1/s1. The molecule has 2 atom stereocenters. The maximum atomic E-state index is 16.5. The number of halogens is 6. The van der Waals surface area contributed by atoms with Crippen LogP contribution in [0.3, 0.4) is 0 Å². The van der Waals surface area contributed by atoms with Crippen LogP contribution in [0, 0.1) is 22.9 Å². The average molecular weight is 621 g/mol. The topological polar surface area (TPSA) is 61.7 Å². The highest BCUT2D eigenvalue weighted by molar-refractivity contribution is 6.37. The molecule has 1 saturated heterocycles. The molecule has 43 heavy (non-hydrogen) atoms. The molecule has 6 nitrogen and oxygen atoms in total. The Bertz CT molecular complexity index is 1750. The summed E-state index contributed by atoms with van der Waals surface area (Å²) in [5.74, 6) is -5.62. The van der Waals surface area contributed by atoms with E-state index in [0.29, 0.717) is 24.8 Å². The van der Waals surface area contributed by atoms with Gasteiger partial charge in [-0.15, -0.1) is 0 Å². The molecule has 1 aliphatic carbocycles. The van der Waals surface area contributed by atoms with Gasteiger partial charge >= 0.3 is 6.01 Å². The summed E-state index contributed by atoms with van der Waals surface area (Å²) in [5.41, 5.74) is -3.33. The number of ether oxygens (including phenoxy) is 1. The second-order valence-corrected chi connectivity index (χ2v) is 12.6. The maximum Gasteiger partial charge on any atom is 0.319 e. The highest BCUT2D eigenvalue weighted by Gasteiger charge is 2.71. The van der Waals surface area contributed by atoms with Gasteiger partial charge in [0.05, 0.1) is 21.6 Å². The van der Waals surface area contributed by atoms with E-state index in [-0.39, 0.29) is 58.2 Å². The van der Waals surface area contributed by atoms with Crippen LogP contribution in [0.4, 0.5) is 27.8 Å². The lowest BCUT2D eigenvalue weighted by Gasteiger charge is -2.38. The number of fused-ring (bicyclic) bond motifs is 2. The molecule has 12 heteroatoms. The molecule has 0 radical (unpaired) electrons. The predicted molar refractivity (Wildman–Crippen MR) is 155 cm³/mol. The predicted octanol–water partition coefficient (Wildman–Crippen LogP) is 6.84. The molecule has 1 aliphatic heterocycles. The van der Waals surface area contributed by atoms with Crippen molar-refractivity contribution in [2.24, 2.45) is 5.41 Å². The van der Waals surface area contributed by atoms with Crippen LogP contribution < -0.4 is 9.64 Å². The van der Waals surface area contributed by atoms with Crippen LogP contribution in [0.25, 0.3) is 32.8 Å². The van der Waals surface area contributed by atoms with Gasteiger partial charge in [-0.05, 0) is 56.9 Å². The number of piperidine rings is 1. The third-order valence-electron chi connectivity index (χ3n) is 8.33. The van der Waals surface area contributed by atoms with Crippen molar-refractivity contribution in [3.05, 3.63) is 58.9 Å². The minimum atomic E-state index is -2.95. The van der Waals surface area contributed by atoms with E-state index >= 15 is 8.78 Å². The van der Waals surface area contributed by atoms with Crippen LogP contribution in [0.1, 0.15) is 26.2 Å². The Morgan fingerprint density at radius 1 is 1.09 bits per heavy atom. The molecule has 1 aromatic heterocycles. The summed E-state index contributed by atoms with van der Waals surface area (Å²) in [6.07, 6.45) is 0.717. The molecule has 228 valence electrons. The first-order valence-electron chi connectivity index (χ1n) is 13.9. The first kappa shape index (κ1) is 29.8. The Kier molecular flexibility index (Phi) is 7.21. The van der Waals surface area contributed by atoms with Gasteiger partial charge in [0.25, 0.3) is 5.92 Å². The summed E-state index contributed by atoms with van der Waals surface area (Å²) < 4.78 is 81.5. The zero-order valence-electron chi connectivity index (χ0n) is 23.8. The number of alkyl halides is 2. The quantitative estimate of drug-likeness (QED) is 0.228. The lowest BCUT2D eigenvalue weighted by atomic mass is 9.94. The molecular weight excluding hydrogens is 591 g/mol. The SMILES string of the molecule is CN(C)C[C@@]1(COc2nc(N3CCC[C@@](C)(O)C3)c3cc(F)c(-c4cccc5ccc(F)c(Cl)c45)c(F)c3n2)CC1(F)F. The van der Waals surface area contributed by atoms with E-state index in [1.807, 2.05) is 0 Å². The lowest BCUT2D eigenvalue weighted by molar-refractivity contribution is 0.0287. The molecule has 0 bridgehead atoms. The van der Waals surface area contributed by atoms with Crippen LogP contribution in [0.15, 0.2) is 36.4 Å². The smallest absolute Gasteiger partial charge is 0.319 e. The van der Waals surface area contributed by atoms with Gasteiger partial charge in [-0.1, -0.05) is 35.9 Å². The fraction of sp³-hybridized carbons (Fsp3) is 0.419. The Hall–Kier alpha value is -3.28. The van der Waals surface area contributed by atoms with Crippen LogP contribution in [0.2, 0.25) is 5.02 Å². The second-order valence-electron chi connectivity index (χ2n) is 12.2. The van der Waals surface area contributed by atoms with Crippen molar-refractivity contribution in [2.75, 3.05) is 45.2 Å². The normalized spacial score (nSPS) is 23.4. The number of aliphatic hydroxyl groups is 1. The van der Waals surface area contributed by atoms with E-state index in [9.17, 15) is 18.3 Å². The van der Waals surface area contributed by atoms with Crippen molar-refractivity contribution in [3.8, 4) is 17.1 Å². The average Bonchev–Trinajstić information content (AvgIpc) is 3.47. The third kappa shape index (κ3) is 5.25. The number of β-amino-alcohol motifs (C(OH)–C–C–N with tert-alkyl or cyclic N) is 1. The van der Waals surface area contributed by atoms with Gasteiger partial charge in [0, 0.05) is 36.8 Å². The first-order valence-corrected chi connectivity index (χ1v) is 14.3. The van der Waals surface area contributed by atoms with Crippen molar-refractivity contribution >= 4 is 39.1 Å². The molecule has 3 aromatic carbocycles. The Morgan fingerprint density at radius 2 is 1.84 bits per heavy atom. The molecule has 2 aliphatic rings. The molecule has 1 N–H and O–H groups in total. The van der Waals surface area contributed by atoms with E-state index in [4.69, 9.17) is 16.3 Å². The monoisotopic (exact) mass is 620 g/mol. The summed E-state index contributed by atoms with van der Waals surface area (Å²) in [5, 5.41) is 11.1. The molecule has 1 saturated carbocycles. The summed E-state index contributed by atoms with van der Waals surface area (Å²) in [6, 6.07) is 8.02. The van der Waals surface area contributed by atoms with E-state index in [1.165, 1.54) is 18.2 Å². The Morgan fingerprint density at radius 3 is 2.51 bits per heavy atom. The minimum Gasteiger partial charge on any atom is -0.463 e. The zero-order chi connectivity index (χ0) is 30.9. The third-order valence-corrected chi connectivity index (χ3v) is 8.70. The Labute approximate surface area is 250 Å². The van der Waals surface area contributed by atoms with Gasteiger partial charge in [0.2, 0.25) is 0 Å². The molecule has 2 heterocycles. The van der Waals surface area contributed by atoms with Crippen LogP contribution in [0.5, 0.6) is 6.01 Å². The van der Waals surface area contributed by atoms with Gasteiger partial charge < -0.3 is 19.6 Å². The largest absolute Gasteiger partial charge is 0.463 e. The highest BCUT2D eigenvalue weighted by atomic mass is 35.5. The van der Waals surface area contributed by atoms with E-state index in [2.05, 4.69) is 9.97 Å². The lowest BCUT2D eigenvalue weighted by Crippen LogP contribution is -2.46. The number of hydrogen-bond donors (Lipinski definition) is 1. The Balaban J connectivity index is 1.53. The van der Waals surface area contributed by atoms with Crippen molar-refractivity contribution < 1.29 is 31.8 Å². The van der Waals surface area contributed by atoms with Gasteiger partial charge in [0.15, 0.2) is 5.82 Å². The van der Waals surface area contributed by atoms with Gasteiger partial charge in [-0.25, -0.2) is 22.0 Å². The van der Waals surface area contributed by atoms with Crippen molar-refractivity contribution in [1.29, 1.82) is 0 Å². The maximum absolute atomic E-state index is 16.5. The summed E-state index contributed by atoms with van der Waals surface area (Å²) in [7, 11) is 3.36. The summed E-state index contributed by atoms with van der Waals surface area (Å²) in [6.45, 7) is 1.83.